The van der Waals surface area contributed by atoms with Crippen LogP contribution >= 0.6 is 0 Å². The molecule has 3 aromatic rings. The molecular formula is C25H23N3O4. The monoisotopic (exact) mass is 429 g/mol. The first-order valence-corrected chi connectivity index (χ1v) is 10.4. The Kier molecular flexibility index (Phi) is 5.95. The van der Waals surface area contributed by atoms with Crippen molar-refractivity contribution in [2.45, 2.75) is 26.3 Å². The third kappa shape index (κ3) is 4.08. The zero-order chi connectivity index (χ0) is 22.7. The van der Waals surface area contributed by atoms with Gasteiger partial charge in [-0.3, -0.25) is 9.59 Å². The molecule has 0 fully saturated rings. The Morgan fingerprint density at radius 2 is 1.88 bits per heavy atom. The number of hydrogen-bond acceptors (Lipinski definition) is 5. The SMILES string of the molecule is CC(=O)N1c2ccc(-c3ccc(OCCC#N)cc3)cc2N(C(=O)c2ccco2)C[C@@H]1C. The number of nitrogens with zero attached hydrogens (tertiary/aromatic N) is 3. The number of benzene rings is 2. The minimum absolute atomic E-state index is 0.0736. The first-order valence-electron chi connectivity index (χ1n) is 10.4. The molecule has 1 aromatic heterocycles. The van der Waals surface area contributed by atoms with Crippen molar-refractivity contribution in [3.05, 3.63) is 66.6 Å². The Balaban J connectivity index is 1.71. The van der Waals surface area contributed by atoms with Crippen LogP contribution in [0.15, 0.2) is 65.3 Å². The van der Waals surface area contributed by atoms with Crippen LogP contribution in [0.3, 0.4) is 0 Å². The van der Waals surface area contributed by atoms with Gasteiger partial charge in [-0.2, -0.15) is 5.26 Å². The van der Waals surface area contributed by atoms with E-state index in [1.165, 1.54) is 13.2 Å². The number of rotatable bonds is 5. The van der Waals surface area contributed by atoms with E-state index in [0.29, 0.717) is 36.7 Å². The molecule has 32 heavy (non-hydrogen) atoms. The molecule has 7 nitrogen and oxygen atoms in total. The Morgan fingerprint density at radius 1 is 1.12 bits per heavy atom. The number of ether oxygens (including phenoxy) is 1. The van der Waals surface area contributed by atoms with E-state index in [0.717, 1.165) is 11.1 Å². The Hall–Kier alpha value is -4.05. The first-order chi connectivity index (χ1) is 15.5. The maximum absolute atomic E-state index is 13.2. The second-order valence-electron chi connectivity index (χ2n) is 7.62. The van der Waals surface area contributed by atoms with Crippen LogP contribution in [-0.4, -0.2) is 31.0 Å². The van der Waals surface area contributed by atoms with Gasteiger partial charge in [-0.1, -0.05) is 18.2 Å². The van der Waals surface area contributed by atoms with Gasteiger partial charge < -0.3 is 19.0 Å². The quantitative estimate of drug-likeness (QED) is 0.552. The summed E-state index contributed by atoms with van der Waals surface area (Å²) < 4.78 is 10.9. The van der Waals surface area contributed by atoms with Crippen LogP contribution < -0.4 is 14.5 Å². The molecule has 0 spiro atoms. The van der Waals surface area contributed by atoms with E-state index < -0.39 is 0 Å². The minimum atomic E-state index is -0.246. The molecule has 0 N–H and O–H groups in total. The molecule has 162 valence electrons. The Labute approximate surface area is 186 Å². The largest absolute Gasteiger partial charge is 0.493 e. The topological polar surface area (TPSA) is 86.8 Å². The lowest BCUT2D eigenvalue weighted by molar-refractivity contribution is -0.117. The van der Waals surface area contributed by atoms with Crippen molar-refractivity contribution in [1.29, 1.82) is 5.26 Å². The highest BCUT2D eigenvalue weighted by Gasteiger charge is 2.34. The van der Waals surface area contributed by atoms with Crippen molar-refractivity contribution in [2.75, 3.05) is 23.0 Å². The van der Waals surface area contributed by atoms with Crippen LogP contribution in [0.5, 0.6) is 5.75 Å². The van der Waals surface area contributed by atoms with Crippen molar-refractivity contribution in [1.82, 2.24) is 0 Å². The summed E-state index contributed by atoms with van der Waals surface area (Å²) in [6.45, 7) is 4.16. The molecular weight excluding hydrogens is 406 g/mol. The molecule has 0 aliphatic carbocycles. The van der Waals surface area contributed by atoms with Gasteiger partial charge in [0.2, 0.25) is 5.91 Å². The maximum atomic E-state index is 13.2. The maximum Gasteiger partial charge on any atom is 0.294 e. The van der Waals surface area contributed by atoms with Crippen LogP contribution in [0, 0.1) is 11.3 Å². The fourth-order valence-corrected chi connectivity index (χ4v) is 3.97. The minimum Gasteiger partial charge on any atom is -0.493 e. The molecule has 0 saturated heterocycles. The number of hydrogen-bond donors (Lipinski definition) is 0. The van der Waals surface area contributed by atoms with E-state index >= 15 is 0 Å². The highest BCUT2D eigenvalue weighted by Crippen LogP contribution is 2.39. The van der Waals surface area contributed by atoms with Crippen LogP contribution in [0.2, 0.25) is 0 Å². The van der Waals surface area contributed by atoms with Crippen LogP contribution in [0.25, 0.3) is 11.1 Å². The Morgan fingerprint density at radius 3 is 2.53 bits per heavy atom. The average Bonchev–Trinajstić information content (AvgIpc) is 3.33. The summed E-state index contributed by atoms with van der Waals surface area (Å²) in [5.74, 6) is 0.622. The molecule has 2 amide bonds. The van der Waals surface area contributed by atoms with Crippen molar-refractivity contribution in [3.8, 4) is 22.9 Å². The fraction of sp³-hybridized carbons (Fsp3) is 0.240. The predicted octanol–water partition coefficient (Wildman–Crippen LogP) is 4.64. The van der Waals surface area contributed by atoms with E-state index in [-0.39, 0.29) is 23.6 Å². The van der Waals surface area contributed by atoms with E-state index in [2.05, 4.69) is 6.07 Å². The van der Waals surface area contributed by atoms with Gasteiger partial charge >= 0.3 is 0 Å². The summed E-state index contributed by atoms with van der Waals surface area (Å²) in [6, 6.07) is 18.5. The number of carbonyl (C=O) groups excluding carboxylic acids is 2. The fourth-order valence-electron chi connectivity index (χ4n) is 3.97. The van der Waals surface area contributed by atoms with Gasteiger partial charge in [0, 0.05) is 13.5 Å². The molecule has 0 unspecified atom stereocenters. The average molecular weight is 429 g/mol. The smallest absolute Gasteiger partial charge is 0.294 e. The summed E-state index contributed by atoms with van der Waals surface area (Å²) in [5.41, 5.74) is 3.20. The highest BCUT2D eigenvalue weighted by molar-refractivity contribution is 6.10. The van der Waals surface area contributed by atoms with Gasteiger partial charge in [0.05, 0.1) is 36.2 Å². The zero-order valence-electron chi connectivity index (χ0n) is 17.9. The van der Waals surface area contributed by atoms with Crippen molar-refractivity contribution in [2.24, 2.45) is 0 Å². The highest BCUT2D eigenvalue weighted by atomic mass is 16.5. The molecule has 2 heterocycles. The third-order valence-electron chi connectivity index (χ3n) is 5.40. The summed E-state index contributed by atoms with van der Waals surface area (Å²) in [4.78, 5) is 28.9. The van der Waals surface area contributed by atoms with E-state index in [9.17, 15) is 9.59 Å². The van der Waals surface area contributed by atoms with Gasteiger partial charge in [0.25, 0.3) is 5.91 Å². The summed E-state index contributed by atoms with van der Waals surface area (Å²) >= 11 is 0. The van der Waals surface area contributed by atoms with Crippen molar-refractivity contribution >= 4 is 23.2 Å². The molecule has 1 aliphatic rings. The number of anilines is 2. The van der Waals surface area contributed by atoms with Gasteiger partial charge in [-0.15, -0.1) is 0 Å². The second kappa shape index (κ2) is 8.98. The van der Waals surface area contributed by atoms with E-state index in [1.807, 2.05) is 49.4 Å². The molecule has 0 bridgehead atoms. The number of amides is 2. The predicted molar refractivity (Wildman–Crippen MR) is 121 cm³/mol. The lowest BCUT2D eigenvalue weighted by Crippen LogP contribution is -2.51. The standard InChI is InChI=1S/C25H23N3O4/c1-17-16-27(25(30)24-5-3-13-32-24)23-15-20(8-11-22(23)28(17)18(2)29)19-6-9-21(10-7-19)31-14-4-12-26/h3,5-11,13,15,17H,4,14,16H2,1-2H3/t17-/m0/s1. The van der Waals surface area contributed by atoms with Crippen molar-refractivity contribution in [3.63, 3.8) is 0 Å². The van der Waals surface area contributed by atoms with E-state index in [1.54, 1.807) is 21.9 Å². The van der Waals surface area contributed by atoms with E-state index in [4.69, 9.17) is 14.4 Å². The number of fused-ring (bicyclic) bond motifs is 1. The molecule has 2 aromatic carbocycles. The lowest BCUT2D eigenvalue weighted by Gasteiger charge is -2.40. The molecule has 7 heteroatoms. The number of nitriles is 1. The molecule has 0 radical (unpaired) electrons. The van der Waals surface area contributed by atoms with Crippen LogP contribution in [0.4, 0.5) is 11.4 Å². The van der Waals surface area contributed by atoms with Gasteiger partial charge in [0.1, 0.15) is 12.4 Å². The number of furan rings is 1. The molecule has 4 rings (SSSR count). The normalized spacial score (nSPS) is 15.1. The van der Waals surface area contributed by atoms with Gasteiger partial charge in [-0.25, -0.2) is 0 Å². The summed E-state index contributed by atoms with van der Waals surface area (Å²) in [5, 5.41) is 8.64. The molecule has 1 atom stereocenters. The van der Waals surface area contributed by atoms with Crippen LogP contribution in [0.1, 0.15) is 30.8 Å². The summed E-state index contributed by atoms with van der Waals surface area (Å²) in [6.07, 6.45) is 1.80. The lowest BCUT2D eigenvalue weighted by atomic mass is 10.00. The van der Waals surface area contributed by atoms with Gasteiger partial charge in [-0.05, 0) is 54.4 Å². The van der Waals surface area contributed by atoms with Gasteiger partial charge in [0.15, 0.2) is 5.76 Å². The van der Waals surface area contributed by atoms with Crippen LogP contribution in [-0.2, 0) is 4.79 Å². The third-order valence-corrected chi connectivity index (χ3v) is 5.40. The first kappa shape index (κ1) is 21.2. The molecule has 0 saturated carbocycles. The molecule has 1 aliphatic heterocycles. The second-order valence-corrected chi connectivity index (χ2v) is 7.62. The number of carbonyl (C=O) groups is 2. The van der Waals surface area contributed by atoms with Crippen molar-refractivity contribution < 1.29 is 18.7 Å². The summed E-state index contributed by atoms with van der Waals surface area (Å²) in [7, 11) is 0. The zero-order valence-corrected chi connectivity index (χ0v) is 17.9. The Bertz CT molecular complexity index is 1160.